The van der Waals surface area contributed by atoms with Crippen LogP contribution in [0.1, 0.15) is 25.0 Å². The van der Waals surface area contributed by atoms with Crippen molar-refractivity contribution in [2.45, 2.75) is 32.7 Å². The summed E-state index contributed by atoms with van der Waals surface area (Å²) in [4.78, 5) is 11.8. The molecular formula is C13H17ClFNO2. The number of hydrogen-bond donors (Lipinski definition) is 2. The van der Waals surface area contributed by atoms with Crippen LogP contribution in [-0.4, -0.2) is 23.2 Å². The second-order valence-corrected chi connectivity index (χ2v) is 5.32. The molecular weight excluding hydrogens is 257 g/mol. The van der Waals surface area contributed by atoms with E-state index < -0.39 is 11.4 Å². The molecule has 1 aromatic carbocycles. The molecule has 0 atom stereocenters. The normalized spacial score (nSPS) is 11.4. The predicted octanol–water partition coefficient (Wildman–Crippen LogP) is 2.22. The monoisotopic (exact) mass is 273 g/mol. The van der Waals surface area contributed by atoms with Crippen LogP contribution in [0.15, 0.2) is 12.1 Å². The summed E-state index contributed by atoms with van der Waals surface area (Å²) < 4.78 is 13.5. The summed E-state index contributed by atoms with van der Waals surface area (Å²) in [5.41, 5.74) is 0.276. The molecule has 0 aliphatic carbocycles. The number of rotatable bonds is 4. The minimum Gasteiger partial charge on any atom is -0.394 e. The standard InChI is InChI=1S/C13H17ClFNO2/c1-8-9(4-5-10(14)12(8)15)6-11(18)16-13(2,3)7-17/h4-5,17H,6-7H2,1-3H3,(H,16,18). The quantitative estimate of drug-likeness (QED) is 0.884. The predicted molar refractivity (Wildman–Crippen MR) is 69.2 cm³/mol. The lowest BCUT2D eigenvalue weighted by molar-refractivity contribution is -0.122. The number of benzene rings is 1. The zero-order valence-corrected chi connectivity index (χ0v) is 11.4. The highest BCUT2D eigenvalue weighted by Crippen LogP contribution is 2.21. The van der Waals surface area contributed by atoms with Gasteiger partial charge >= 0.3 is 0 Å². The van der Waals surface area contributed by atoms with E-state index in [0.717, 1.165) is 0 Å². The zero-order chi connectivity index (χ0) is 13.9. The maximum absolute atomic E-state index is 13.5. The average molecular weight is 274 g/mol. The van der Waals surface area contributed by atoms with E-state index in [1.54, 1.807) is 26.8 Å². The summed E-state index contributed by atoms with van der Waals surface area (Å²) in [6.45, 7) is 4.84. The van der Waals surface area contributed by atoms with Crippen LogP contribution in [0.25, 0.3) is 0 Å². The summed E-state index contributed by atoms with van der Waals surface area (Å²) in [5.74, 6) is -0.762. The van der Waals surface area contributed by atoms with Crippen LogP contribution in [0.2, 0.25) is 5.02 Å². The van der Waals surface area contributed by atoms with Crippen LogP contribution in [0.5, 0.6) is 0 Å². The average Bonchev–Trinajstić information content (AvgIpc) is 2.29. The van der Waals surface area contributed by atoms with Crippen LogP contribution >= 0.6 is 11.6 Å². The van der Waals surface area contributed by atoms with Gasteiger partial charge in [-0.15, -0.1) is 0 Å². The first-order valence-corrected chi connectivity index (χ1v) is 6.00. The van der Waals surface area contributed by atoms with E-state index in [9.17, 15) is 9.18 Å². The van der Waals surface area contributed by atoms with E-state index in [2.05, 4.69) is 5.32 Å². The molecule has 0 saturated carbocycles. The number of hydrogen-bond acceptors (Lipinski definition) is 2. The third-order valence-electron chi connectivity index (χ3n) is 2.68. The number of carbonyl (C=O) groups excluding carboxylic acids is 1. The van der Waals surface area contributed by atoms with Gasteiger partial charge in [0.25, 0.3) is 0 Å². The maximum Gasteiger partial charge on any atom is 0.224 e. The minimum atomic E-state index is -0.685. The van der Waals surface area contributed by atoms with Crippen molar-refractivity contribution in [2.75, 3.05) is 6.61 Å². The van der Waals surface area contributed by atoms with Crippen molar-refractivity contribution in [1.82, 2.24) is 5.32 Å². The van der Waals surface area contributed by atoms with Crippen molar-refractivity contribution >= 4 is 17.5 Å². The fourth-order valence-corrected chi connectivity index (χ4v) is 1.72. The molecule has 100 valence electrons. The Bertz CT molecular complexity index is 461. The van der Waals surface area contributed by atoms with Gasteiger partial charge in [-0.25, -0.2) is 4.39 Å². The molecule has 18 heavy (non-hydrogen) atoms. The van der Waals surface area contributed by atoms with Crippen LogP contribution < -0.4 is 5.32 Å². The summed E-state index contributed by atoms with van der Waals surface area (Å²) in [6.07, 6.45) is 0.0589. The molecule has 0 unspecified atom stereocenters. The number of carbonyl (C=O) groups is 1. The van der Waals surface area contributed by atoms with Gasteiger partial charge in [-0.1, -0.05) is 17.7 Å². The molecule has 2 N–H and O–H groups in total. The van der Waals surface area contributed by atoms with Crippen molar-refractivity contribution in [3.05, 3.63) is 34.1 Å². The third-order valence-corrected chi connectivity index (χ3v) is 2.97. The van der Waals surface area contributed by atoms with Crippen molar-refractivity contribution < 1.29 is 14.3 Å². The molecule has 0 aromatic heterocycles. The van der Waals surface area contributed by atoms with Crippen molar-refractivity contribution in [2.24, 2.45) is 0 Å². The molecule has 0 fully saturated rings. The van der Waals surface area contributed by atoms with E-state index in [1.807, 2.05) is 0 Å². The molecule has 0 aliphatic heterocycles. The molecule has 1 amide bonds. The Kier molecular flexibility index (Phi) is 4.71. The van der Waals surface area contributed by atoms with Crippen LogP contribution in [-0.2, 0) is 11.2 Å². The first kappa shape index (κ1) is 14.9. The van der Waals surface area contributed by atoms with Gasteiger partial charge in [0.15, 0.2) is 0 Å². The highest BCUT2D eigenvalue weighted by molar-refractivity contribution is 6.30. The van der Waals surface area contributed by atoms with Gasteiger partial charge in [0.05, 0.1) is 23.6 Å². The largest absolute Gasteiger partial charge is 0.394 e. The minimum absolute atomic E-state index is 0.0485. The lowest BCUT2D eigenvalue weighted by Gasteiger charge is -2.23. The second-order valence-electron chi connectivity index (χ2n) is 4.91. The first-order valence-electron chi connectivity index (χ1n) is 5.62. The summed E-state index contributed by atoms with van der Waals surface area (Å²) in [7, 11) is 0. The number of aliphatic hydroxyl groups excluding tert-OH is 1. The van der Waals surface area contributed by atoms with E-state index in [4.69, 9.17) is 16.7 Å². The van der Waals surface area contributed by atoms with Crippen LogP contribution in [0, 0.1) is 12.7 Å². The highest BCUT2D eigenvalue weighted by Gasteiger charge is 2.20. The zero-order valence-electron chi connectivity index (χ0n) is 10.7. The Labute approximate surface area is 111 Å². The summed E-state index contributed by atoms with van der Waals surface area (Å²) in [6, 6.07) is 3.07. The van der Waals surface area contributed by atoms with Gasteiger partial charge in [0, 0.05) is 0 Å². The fourth-order valence-electron chi connectivity index (χ4n) is 1.52. The van der Waals surface area contributed by atoms with Crippen LogP contribution in [0.4, 0.5) is 4.39 Å². The number of amides is 1. The van der Waals surface area contributed by atoms with Crippen molar-refractivity contribution in [3.8, 4) is 0 Å². The Morgan fingerprint density at radius 2 is 2.11 bits per heavy atom. The van der Waals surface area contributed by atoms with Gasteiger partial charge < -0.3 is 10.4 Å². The lowest BCUT2D eigenvalue weighted by atomic mass is 10.0. The molecule has 0 aliphatic rings. The van der Waals surface area contributed by atoms with Gasteiger partial charge in [-0.3, -0.25) is 4.79 Å². The Morgan fingerprint density at radius 1 is 1.50 bits per heavy atom. The van der Waals surface area contributed by atoms with Gasteiger partial charge in [-0.2, -0.15) is 0 Å². The number of aliphatic hydroxyl groups is 1. The van der Waals surface area contributed by atoms with Crippen molar-refractivity contribution in [3.63, 3.8) is 0 Å². The number of halogens is 2. The second kappa shape index (κ2) is 5.67. The van der Waals surface area contributed by atoms with E-state index in [-0.39, 0.29) is 24.0 Å². The van der Waals surface area contributed by atoms with Crippen LogP contribution in [0.3, 0.4) is 0 Å². The molecule has 0 radical (unpaired) electrons. The van der Waals surface area contributed by atoms with Crippen molar-refractivity contribution in [1.29, 1.82) is 0 Å². The summed E-state index contributed by atoms with van der Waals surface area (Å²) in [5, 5.41) is 11.8. The van der Waals surface area contributed by atoms with Gasteiger partial charge in [0.2, 0.25) is 5.91 Å². The molecule has 0 bridgehead atoms. The molecule has 1 aromatic rings. The first-order chi connectivity index (χ1) is 8.26. The SMILES string of the molecule is Cc1c(CC(=O)NC(C)(C)CO)ccc(Cl)c1F. The molecule has 3 nitrogen and oxygen atoms in total. The summed E-state index contributed by atoms with van der Waals surface area (Å²) >= 11 is 5.64. The molecule has 5 heteroatoms. The molecule has 0 spiro atoms. The van der Waals surface area contributed by atoms with E-state index in [0.29, 0.717) is 11.1 Å². The van der Waals surface area contributed by atoms with Gasteiger partial charge in [0.1, 0.15) is 5.82 Å². The maximum atomic E-state index is 13.5. The molecule has 0 saturated heterocycles. The lowest BCUT2D eigenvalue weighted by Crippen LogP contribution is -2.46. The van der Waals surface area contributed by atoms with E-state index in [1.165, 1.54) is 6.07 Å². The molecule has 1 rings (SSSR count). The Hall–Kier alpha value is -1.13. The highest BCUT2D eigenvalue weighted by atomic mass is 35.5. The van der Waals surface area contributed by atoms with Gasteiger partial charge in [-0.05, 0) is 38.0 Å². The third kappa shape index (κ3) is 3.68. The Balaban J connectivity index is 2.80. The smallest absolute Gasteiger partial charge is 0.224 e. The Morgan fingerprint density at radius 3 is 2.67 bits per heavy atom. The fraction of sp³-hybridized carbons (Fsp3) is 0.462. The number of nitrogens with one attached hydrogen (secondary N) is 1. The molecule has 0 heterocycles. The topological polar surface area (TPSA) is 49.3 Å². The van der Waals surface area contributed by atoms with E-state index >= 15 is 0 Å².